The Morgan fingerprint density at radius 2 is 1.93 bits per heavy atom. The molecule has 2 N–H and O–H groups in total. The number of carbonyl (C=O) groups is 1. The van der Waals surface area contributed by atoms with E-state index in [4.69, 9.17) is 9.15 Å². The first-order valence-electron chi connectivity index (χ1n) is 9.15. The number of benzene rings is 1. The van der Waals surface area contributed by atoms with Crippen LogP contribution < -0.4 is 10.6 Å². The average molecular weight is 422 g/mol. The summed E-state index contributed by atoms with van der Waals surface area (Å²) in [6.07, 6.45) is 1.20. The predicted octanol–water partition coefficient (Wildman–Crippen LogP) is 2.34. The summed E-state index contributed by atoms with van der Waals surface area (Å²) in [4.78, 5) is 16.5. The molecule has 0 atom stereocenters. The molecule has 0 aliphatic rings. The van der Waals surface area contributed by atoms with Gasteiger partial charge in [-0.05, 0) is 44.0 Å². The zero-order valence-electron chi connectivity index (χ0n) is 17.3. The minimum atomic E-state index is -3.24. The van der Waals surface area contributed by atoms with Crippen LogP contribution >= 0.6 is 0 Å². The van der Waals surface area contributed by atoms with Gasteiger partial charge >= 0.3 is 5.97 Å². The van der Waals surface area contributed by atoms with Crippen molar-refractivity contribution in [2.75, 3.05) is 19.9 Å². The Morgan fingerprint density at radius 3 is 2.52 bits per heavy atom. The number of hydrogen-bond acceptors (Lipinski definition) is 6. The monoisotopic (exact) mass is 421 g/mol. The van der Waals surface area contributed by atoms with Crippen LogP contribution in [0.4, 0.5) is 0 Å². The van der Waals surface area contributed by atoms with Gasteiger partial charge in [-0.3, -0.25) is 0 Å². The maximum absolute atomic E-state index is 11.7. The molecule has 2 rings (SSSR count). The summed E-state index contributed by atoms with van der Waals surface area (Å²) in [7, 11) is -1.92. The molecule has 2 aromatic rings. The van der Waals surface area contributed by atoms with Crippen LogP contribution in [-0.4, -0.2) is 40.3 Å². The zero-order valence-corrected chi connectivity index (χ0v) is 18.1. The Hall–Kier alpha value is -2.81. The molecule has 0 aliphatic carbocycles. The lowest BCUT2D eigenvalue weighted by atomic mass is 10.1. The Bertz CT molecular complexity index is 1010. The summed E-state index contributed by atoms with van der Waals surface area (Å²) >= 11 is 0. The van der Waals surface area contributed by atoms with E-state index in [2.05, 4.69) is 15.6 Å². The molecular weight excluding hydrogens is 394 g/mol. The molecule has 0 saturated heterocycles. The van der Waals surface area contributed by atoms with Crippen molar-refractivity contribution in [3.8, 4) is 0 Å². The van der Waals surface area contributed by atoms with Crippen LogP contribution in [-0.2, 0) is 27.7 Å². The van der Waals surface area contributed by atoms with Gasteiger partial charge in [0.05, 0.1) is 25.1 Å². The number of nitrogens with zero attached hydrogens (tertiary/aromatic N) is 1. The van der Waals surface area contributed by atoms with E-state index in [0.717, 1.165) is 5.56 Å². The van der Waals surface area contributed by atoms with Gasteiger partial charge in [0.25, 0.3) is 0 Å². The number of nitrogens with one attached hydrogen (secondary N) is 2. The van der Waals surface area contributed by atoms with E-state index in [0.29, 0.717) is 53.1 Å². The van der Waals surface area contributed by atoms with E-state index < -0.39 is 15.8 Å². The van der Waals surface area contributed by atoms with Gasteiger partial charge in [0.1, 0.15) is 17.1 Å². The first-order chi connectivity index (χ1) is 13.7. The van der Waals surface area contributed by atoms with Crippen LogP contribution in [0.15, 0.2) is 38.6 Å². The summed E-state index contributed by atoms with van der Waals surface area (Å²) in [6.45, 7) is 6.82. The fourth-order valence-electron chi connectivity index (χ4n) is 2.85. The number of carbonyl (C=O) groups excluding carboxylic acids is 1. The summed E-state index contributed by atoms with van der Waals surface area (Å²) < 4.78 is 33.8. The lowest BCUT2D eigenvalue weighted by Crippen LogP contribution is -2.36. The first kappa shape index (κ1) is 22.5. The number of furan rings is 1. The number of aliphatic imine (C=N–C) groups is 1. The second-order valence-corrected chi connectivity index (χ2v) is 8.58. The van der Waals surface area contributed by atoms with E-state index in [9.17, 15) is 13.2 Å². The van der Waals surface area contributed by atoms with Gasteiger partial charge in [0.15, 0.2) is 15.8 Å². The summed E-state index contributed by atoms with van der Waals surface area (Å²) in [5.74, 6) is 1.22. The maximum Gasteiger partial charge on any atom is 0.341 e. The third-order valence-corrected chi connectivity index (χ3v) is 5.46. The second-order valence-electron chi connectivity index (χ2n) is 6.59. The van der Waals surface area contributed by atoms with Crippen LogP contribution in [0.3, 0.4) is 0 Å². The molecule has 0 amide bonds. The molecule has 0 saturated carbocycles. The highest BCUT2D eigenvalue weighted by atomic mass is 32.2. The molecule has 158 valence electrons. The lowest BCUT2D eigenvalue weighted by molar-refractivity contribution is 0.0598. The smallest absolute Gasteiger partial charge is 0.341 e. The van der Waals surface area contributed by atoms with Crippen molar-refractivity contribution in [3.05, 3.63) is 52.5 Å². The number of guanidine groups is 1. The van der Waals surface area contributed by atoms with Crippen LogP contribution in [0.1, 0.15) is 39.9 Å². The third kappa shape index (κ3) is 6.08. The molecule has 1 aromatic heterocycles. The minimum absolute atomic E-state index is 0.324. The van der Waals surface area contributed by atoms with Crippen molar-refractivity contribution in [1.82, 2.24) is 10.6 Å². The quantitative estimate of drug-likeness (QED) is 0.401. The van der Waals surface area contributed by atoms with Crippen molar-refractivity contribution < 1.29 is 22.4 Å². The largest absolute Gasteiger partial charge is 0.465 e. The maximum atomic E-state index is 11.7. The first-order valence-corrected chi connectivity index (χ1v) is 11.0. The third-order valence-electron chi connectivity index (χ3n) is 4.21. The molecule has 0 fully saturated rings. The lowest BCUT2D eigenvalue weighted by Gasteiger charge is -2.11. The number of ether oxygens (including phenoxy) is 1. The fourth-order valence-corrected chi connectivity index (χ4v) is 3.81. The van der Waals surface area contributed by atoms with Gasteiger partial charge in [-0.25, -0.2) is 18.2 Å². The molecule has 1 aromatic carbocycles. The Morgan fingerprint density at radius 1 is 1.21 bits per heavy atom. The normalized spacial score (nSPS) is 12.0. The highest BCUT2D eigenvalue weighted by molar-refractivity contribution is 7.90. The molecule has 0 spiro atoms. The molecule has 9 heteroatoms. The highest BCUT2D eigenvalue weighted by Crippen LogP contribution is 2.17. The van der Waals surface area contributed by atoms with Gasteiger partial charge < -0.3 is 19.8 Å². The number of methoxy groups -OCH3 is 1. The minimum Gasteiger partial charge on any atom is -0.465 e. The molecule has 0 radical (unpaired) electrons. The number of esters is 1. The number of sulfone groups is 1. The van der Waals surface area contributed by atoms with E-state index in [1.807, 2.05) is 13.0 Å². The zero-order chi connectivity index (χ0) is 21.6. The van der Waals surface area contributed by atoms with Crippen molar-refractivity contribution in [2.45, 2.75) is 38.8 Å². The Kier molecular flexibility index (Phi) is 7.44. The Balaban J connectivity index is 2.09. The van der Waals surface area contributed by atoms with E-state index in [-0.39, 0.29) is 0 Å². The summed E-state index contributed by atoms with van der Waals surface area (Å²) in [6, 6.07) is 6.83. The fraction of sp³-hybridized carbons (Fsp3) is 0.400. The topological polar surface area (TPSA) is 110 Å². The molecule has 1 heterocycles. The highest BCUT2D eigenvalue weighted by Gasteiger charge is 2.15. The molecule has 0 aliphatic heterocycles. The molecular formula is C20H27N3O5S. The average Bonchev–Trinajstić information content (AvgIpc) is 3.03. The van der Waals surface area contributed by atoms with Gasteiger partial charge in [-0.15, -0.1) is 0 Å². The number of hydrogen-bond donors (Lipinski definition) is 2. The second kappa shape index (κ2) is 9.60. The van der Waals surface area contributed by atoms with Crippen molar-refractivity contribution in [2.24, 2.45) is 4.99 Å². The SMILES string of the molecule is CCNC(=NCc1ccc(S(C)(=O)=O)c(C)c1)NCc1cc(C(=O)OC)c(C)o1. The van der Waals surface area contributed by atoms with Gasteiger partial charge in [-0.2, -0.15) is 0 Å². The summed E-state index contributed by atoms with van der Waals surface area (Å²) in [5, 5.41) is 6.29. The number of aryl methyl sites for hydroxylation is 2. The van der Waals surface area contributed by atoms with Crippen LogP contribution in [0.5, 0.6) is 0 Å². The number of rotatable bonds is 7. The van der Waals surface area contributed by atoms with Crippen molar-refractivity contribution in [1.29, 1.82) is 0 Å². The van der Waals surface area contributed by atoms with E-state index in [1.54, 1.807) is 32.0 Å². The van der Waals surface area contributed by atoms with Crippen LogP contribution in [0.25, 0.3) is 0 Å². The van der Waals surface area contributed by atoms with Crippen LogP contribution in [0, 0.1) is 13.8 Å². The standard InChI is InChI=1S/C20H27N3O5S/c1-6-21-20(23-12-16-10-17(14(3)28-16)19(24)27-4)22-11-15-7-8-18(13(2)9-15)29(5,25)26/h7-10H,6,11-12H2,1-5H3,(H2,21,22,23). The Labute approximate surface area is 171 Å². The van der Waals surface area contributed by atoms with E-state index in [1.165, 1.54) is 13.4 Å². The van der Waals surface area contributed by atoms with Crippen molar-refractivity contribution >= 4 is 21.8 Å². The van der Waals surface area contributed by atoms with Crippen molar-refractivity contribution in [3.63, 3.8) is 0 Å². The molecule has 8 nitrogen and oxygen atoms in total. The van der Waals surface area contributed by atoms with Gasteiger partial charge in [0.2, 0.25) is 0 Å². The predicted molar refractivity (Wildman–Crippen MR) is 111 cm³/mol. The van der Waals surface area contributed by atoms with Gasteiger partial charge in [-0.1, -0.05) is 12.1 Å². The molecule has 0 bridgehead atoms. The van der Waals surface area contributed by atoms with Crippen LogP contribution in [0.2, 0.25) is 0 Å². The van der Waals surface area contributed by atoms with Gasteiger partial charge in [0, 0.05) is 12.8 Å². The molecule has 0 unspecified atom stereocenters. The molecule has 29 heavy (non-hydrogen) atoms. The summed E-state index contributed by atoms with van der Waals surface area (Å²) in [5.41, 5.74) is 1.99. The van der Waals surface area contributed by atoms with E-state index >= 15 is 0 Å².